The lowest BCUT2D eigenvalue weighted by Gasteiger charge is -2.18. The van der Waals surface area contributed by atoms with Crippen LogP contribution in [-0.4, -0.2) is 50.7 Å². The maximum Gasteiger partial charge on any atom is 0.407 e. The summed E-state index contributed by atoms with van der Waals surface area (Å²) in [5, 5.41) is 13.2. The molecule has 0 bridgehead atoms. The van der Waals surface area contributed by atoms with Crippen molar-refractivity contribution in [2.75, 3.05) is 11.9 Å². The number of ether oxygens (including phenoxy) is 1. The standard InChI is InChI=1S/C22H17Cl2N5O5/c23-19-27-20(24)29-21(28-19)26-18(32)16(9-17(30)31)25-22(33)34-10-15-13-7-3-1-5-11(13)12-6-2-4-8-14(12)15/h1-8,15-16H,9-10H2,(H,25,33)(H,30,31)(H,26,27,28,29,32). The summed E-state index contributed by atoms with van der Waals surface area (Å²) >= 11 is 11.4. The number of carboxylic acid groups (broad SMARTS) is 1. The Hall–Kier alpha value is -3.76. The lowest BCUT2D eigenvalue weighted by atomic mass is 9.98. The van der Waals surface area contributed by atoms with Crippen LogP contribution in [0.2, 0.25) is 10.6 Å². The molecule has 10 nitrogen and oxygen atoms in total. The van der Waals surface area contributed by atoms with Gasteiger partial charge in [-0.15, -0.1) is 0 Å². The summed E-state index contributed by atoms with van der Waals surface area (Å²) in [7, 11) is 0. The number of aromatic nitrogens is 3. The quantitative estimate of drug-likeness (QED) is 0.446. The van der Waals surface area contributed by atoms with E-state index in [-0.39, 0.29) is 29.0 Å². The van der Waals surface area contributed by atoms with E-state index < -0.39 is 30.4 Å². The number of carboxylic acids is 1. The van der Waals surface area contributed by atoms with Crippen molar-refractivity contribution in [2.45, 2.75) is 18.4 Å². The first kappa shape index (κ1) is 23.4. The van der Waals surface area contributed by atoms with E-state index in [9.17, 15) is 14.4 Å². The number of alkyl carbamates (subject to hydrolysis) is 1. The highest BCUT2D eigenvalue weighted by molar-refractivity contribution is 6.31. The smallest absolute Gasteiger partial charge is 0.407 e. The van der Waals surface area contributed by atoms with Gasteiger partial charge in [0, 0.05) is 5.92 Å². The molecule has 0 fully saturated rings. The zero-order valence-electron chi connectivity index (χ0n) is 17.4. The number of hydrogen-bond acceptors (Lipinski definition) is 7. The molecule has 34 heavy (non-hydrogen) atoms. The van der Waals surface area contributed by atoms with Gasteiger partial charge in [-0.3, -0.25) is 14.9 Å². The Bertz CT molecular complexity index is 1210. The number of halogens is 2. The topological polar surface area (TPSA) is 143 Å². The summed E-state index contributed by atoms with van der Waals surface area (Å²) in [5.74, 6) is -2.70. The van der Waals surface area contributed by atoms with Crippen molar-refractivity contribution < 1.29 is 24.2 Å². The molecular weight excluding hydrogens is 485 g/mol. The van der Waals surface area contributed by atoms with Gasteiger partial charge in [-0.05, 0) is 45.5 Å². The molecule has 0 aliphatic heterocycles. The van der Waals surface area contributed by atoms with Crippen LogP contribution in [0.4, 0.5) is 10.7 Å². The van der Waals surface area contributed by atoms with Crippen molar-refractivity contribution in [1.29, 1.82) is 0 Å². The third kappa shape index (κ3) is 5.24. The molecule has 3 N–H and O–H groups in total. The summed E-state index contributed by atoms with van der Waals surface area (Å²) in [6.45, 7) is -0.0000475. The molecule has 0 saturated heterocycles. The summed E-state index contributed by atoms with van der Waals surface area (Å²) in [5.41, 5.74) is 4.15. The molecule has 1 heterocycles. The Kier molecular flexibility index (Phi) is 6.90. The largest absolute Gasteiger partial charge is 0.481 e. The minimum absolute atomic E-state index is 0.0000475. The van der Waals surface area contributed by atoms with Crippen LogP contribution < -0.4 is 10.6 Å². The molecule has 0 spiro atoms. The Morgan fingerprint density at radius 2 is 1.50 bits per heavy atom. The number of aliphatic carboxylic acids is 1. The number of benzene rings is 2. The fourth-order valence-corrected chi connectivity index (χ4v) is 4.11. The molecule has 3 aromatic rings. The van der Waals surface area contributed by atoms with Gasteiger partial charge in [0.1, 0.15) is 12.6 Å². The lowest BCUT2D eigenvalue weighted by molar-refractivity contribution is -0.139. The summed E-state index contributed by atoms with van der Waals surface area (Å²) in [4.78, 5) is 47.2. The highest BCUT2D eigenvalue weighted by Gasteiger charge is 2.30. The van der Waals surface area contributed by atoms with E-state index in [1.54, 1.807) is 0 Å². The second-order valence-corrected chi connectivity index (χ2v) is 7.98. The number of fused-ring (bicyclic) bond motifs is 3. The van der Waals surface area contributed by atoms with Crippen molar-refractivity contribution >= 4 is 47.1 Å². The molecule has 2 aromatic carbocycles. The van der Waals surface area contributed by atoms with Crippen LogP contribution in [-0.2, 0) is 14.3 Å². The van der Waals surface area contributed by atoms with Gasteiger partial charge in [-0.1, -0.05) is 48.5 Å². The number of hydrogen-bond donors (Lipinski definition) is 3. The van der Waals surface area contributed by atoms with E-state index in [4.69, 9.17) is 33.0 Å². The SMILES string of the molecule is O=C(O)CC(NC(=O)OCC1c2ccccc2-c2ccccc21)C(=O)Nc1nc(Cl)nc(Cl)n1. The molecule has 4 rings (SSSR count). The van der Waals surface area contributed by atoms with Gasteiger partial charge in [-0.2, -0.15) is 15.0 Å². The zero-order chi connectivity index (χ0) is 24.2. The van der Waals surface area contributed by atoms with Crippen LogP contribution >= 0.6 is 23.2 Å². The van der Waals surface area contributed by atoms with E-state index in [1.165, 1.54) is 0 Å². The average molecular weight is 502 g/mol. The summed E-state index contributed by atoms with van der Waals surface area (Å²) in [6.07, 6.45) is -1.65. The first-order chi connectivity index (χ1) is 16.3. The molecule has 0 radical (unpaired) electrons. The van der Waals surface area contributed by atoms with Crippen LogP contribution in [0.5, 0.6) is 0 Å². The van der Waals surface area contributed by atoms with E-state index in [2.05, 4.69) is 25.6 Å². The van der Waals surface area contributed by atoms with Crippen LogP contribution in [0.1, 0.15) is 23.5 Å². The van der Waals surface area contributed by atoms with Crippen molar-refractivity contribution in [3.05, 3.63) is 70.2 Å². The van der Waals surface area contributed by atoms with Crippen LogP contribution in [0.3, 0.4) is 0 Å². The third-order valence-electron chi connectivity index (χ3n) is 5.15. The van der Waals surface area contributed by atoms with Crippen molar-refractivity contribution in [2.24, 2.45) is 0 Å². The molecule has 1 atom stereocenters. The number of nitrogens with one attached hydrogen (secondary N) is 2. The van der Waals surface area contributed by atoms with Gasteiger partial charge in [0.05, 0.1) is 6.42 Å². The minimum Gasteiger partial charge on any atom is -0.481 e. The predicted molar refractivity (Wildman–Crippen MR) is 123 cm³/mol. The fourth-order valence-electron chi connectivity index (χ4n) is 3.75. The number of amides is 2. The van der Waals surface area contributed by atoms with Gasteiger partial charge in [-0.25, -0.2) is 4.79 Å². The van der Waals surface area contributed by atoms with E-state index >= 15 is 0 Å². The van der Waals surface area contributed by atoms with Gasteiger partial charge >= 0.3 is 12.1 Å². The molecule has 1 aromatic heterocycles. The molecule has 2 amide bonds. The normalized spacial score (nSPS) is 12.9. The molecule has 1 aliphatic rings. The van der Waals surface area contributed by atoms with Gasteiger partial charge in [0.25, 0.3) is 0 Å². The highest BCUT2D eigenvalue weighted by atomic mass is 35.5. The second-order valence-electron chi connectivity index (χ2n) is 7.31. The van der Waals surface area contributed by atoms with E-state index in [0.717, 1.165) is 22.3 Å². The number of carbonyl (C=O) groups excluding carboxylic acids is 2. The van der Waals surface area contributed by atoms with Crippen LogP contribution in [0.25, 0.3) is 11.1 Å². The van der Waals surface area contributed by atoms with Crippen molar-refractivity contribution in [3.8, 4) is 11.1 Å². The Morgan fingerprint density at radius 1 is 0.941 bits per heavy atom. The summed E-state index contributed by atoms with van der Waals surface area (Å²) in [6, 6.07) is 14.2. The van der Waals surface area contributed by atoms with E-state index in [1.807, 2.05) is 48.5 Å². The molecule has 174 valence electrons. The van der Waals surface area contributed by atoms with Gasteiger partial charge in [0.15, 0.2) is 0 Å². The molecular formula is C22H17Cl2N5O5. The Balaban J connectivity index is 1.43. The molecule has 1 aliphatic carbocycles. The first-order valence-corrected chi connectivity index (χ1v) is 10.8. The third-order valence-corrected chi connectivity index (χ3v) is 5.48. The first-order valence-electron chi connectivity index (χ1n) is 10.0. The lowest BCUT2D eigenvalue weighted by Crippen LogP contribution is -2.45. The minimum atomic E-state index is -1.47. The molecule has 1 unspecified atom stereocenters. The average Bonchev–Trinajstić information content (AvgIpc) is 3.10. The Morgan fingerprint density at radius 3 is 2.06 bits per heavy atom. The molecule has 12 heteroatoms. The van der Waals surface area contributed by atoms with Crippen molar-refractivity contribution in [3.63, 3.8) is 0 Å². The maximum atomic E-state index is 12.6. The monoisotopic (exact) mass is 501 g/mol. The highest BCUT2D eigenvalue weighted by Crippen LogP contribution is 2.44. The Labute approximate surface area is 203 Å². The van der Waals surface area contributed by atoms with Crippen LogP contribution in [0, 0.1) is 0 Å². The number of rotatable bonds is 7. The number of carbonyl (C=O) groups is 3. The molecule has 0 saturated carbocycles. The second kappa shape index (κ2) is 10.0. The summed E-state index contributed by atoms with van der Waals surface area (Å²) < 4.78 is 5.38. The van der Waals surface area contributed by atoms with Crippen LogP contribution in [0.15, 0.2) is 48.5 Å². The zero-order valence-corrected chi connectivity index (χ0v) is 18.9. The number of nitrogens with zero attached hydrogens (tertiary/aromatic N) is 3. The predicted octanol–water partition coefficient (Wildman–Crippen LogP) is 3.50. The van der Waals surface area contributed by atoms with Crippen molar-refractivity contribution in [1.82, 2.24) is 20.3 Å². The van der Waals surface area contributed by atoms with Gasteiger partial charge < -0.3 is 15.2 Å². The van der Waals surface area contributed by atoms with Gasteiger partial charge in [0.2, 0.25) is 22.4 Å². The number of anilines is 1. The van der Waals surface area contributed by atoms with E-state index in [0.29, 0.717) is 0 Å². The fraction of sp³-hybridized carbons (Fsp3) is 0.182. The maximum absolute atomic E-state index is 12.6.